The van der Waals surface area contributed by atoms with Crippen molar-refractivity contribution in [3.05, 3.63) is 20.9 Å². The fourth-order valence-electron chi connectivity index (χ4n) is 1.22. The molecule has 1 heterocycles. The Hall–Kier alpha value is -2.47. The Balaban J connectivity index is 3.16. The Morgan fingerprint density at radius 3 is 2.00 bits per heavy atom. The standard InChI is InChI=1S/C6H10N10O3Si/c1-2-3(20(17,18)19)9-4-10-5(13-15-7)12-6(11-4)14-16-8/h3,17-19H,2H2,1H3,(H,9,10,11,12). The summed E-state index contributed by atoms with van der Waals surface area (Å²) in [5.74, 6) is -0.975. The molecule has 0 aliphatic carbocycles. The zero-order valence-electron chi connectivity index (χ0n) is 10.2. The normalized spacial score (nSPS) is 12.0. The number of aromatic nitrogens is 3. The summed E-state index contributed by atoms with van der Waals surface area (Å²) < 4.78 is 0. The van der Waals surface area contributed by atoms with Crippen molar-refractivity contribution in [3.8, 4) is 0 Å². The summed E-state index contributed by atoms with van der Waals surface area (Å²) in [6.45, 7) is 1.59. The fourth-order valence-corrected chi connectivity index (χ4v) is 2.09. The number of anilines is 1. The van der Waals surface area contributed by atoms with Crippen LogP contribution in [0.1, 0.15) is 13.3 Å². The molecule has 0 spiro atoms. The number of nitrogens with zero attached hydrogens (tertiary/aromatic N) is 9. The van der Waals surface area contributed by atoms with Gasteiger partial charge in [0.15, 0.2) is 0 Å². The fraction of sp³-hybridized carbons (Fsp3) is 0.500. The molecule has 14 heteroatoms. The predicted molar refractivity (Wildman–Crippen MR) is 67.6 cm³/mol. The lowest BCUT2D eigenvalue weighted by Crippen LogP contribution is -2.52. The van der Waals surface area contributed by atoms with Gasteiger partial charge in [0.2, 0.25) is 17.8 Å². The minimum absolute atomic E-state index is 0.162. The maximum atomic E-state index is 9.24. The van der Waals surface area contributed by atoms with E-state index in [1.165, 1.54) is 0 Å². The SMILES string of the molecule is CCC(Nc1nc(N=[N+]=[N-])nc(N=[N+]=[N-])n1)[Si](O)(O)O. The van der Waals surface area contributed by atoms with Gasteiger partial charge in [0.05, 0.1) is 5.67 Å². The van der Waals surface area contributed by atoms with Gasteiger partial charge in [-0.3, -0.25) is 0 Å². The van der Waals surface area contributed by atoms with Crippen LogP contribution < -0.4 is 5.32 Å². The minimum atomic E-state index is -4.46. The van der Waals surface area contributed by atoms with Crippen LogP contribution in [0.4, 0.5) is 17.8 Å². The smallest absolute Gasteiger partial charge is 0.389 e. The van der Waals surface area contributed by atoms with Crippen LogP contribution in [0, 0.1) is 0 Å². The molecule has 13 nitrogen and oxygen atoms in total. The van der Waals surface area contributed by atoms with Gasteiger partial charge in [-0.1, -0.05) is 6.92 Å². The predicted octanol–water partition coefficient (Wildman–Crippen LogP) is 0.401. The summed E-state index contributed by atoms with van der Waals surface area (Å²) in [6.07, 6.45) is 0.162. The van der Waals surface area contributed by atoms with E-state index in [2.05, 4.69) is 40.3 Å². The highest BCUT2D eigenvalue weighted by Crippen LogP contribution is 2.16. The summed E-state index contributed by atoms with van der Waals surface area (Å²) in [6, 6.07) is 0. The highest BCUT2D eigenvalue weighted by Gasteiger charge is 2.38. The summed E-state index contributed by atoms with van der Waals surface area (Å²) in [5.41, 5.74) is 15.5. The van der Waals surface area contributed by atoms with Crippen molar-refractivity contribution in [2.24, 2.45) is 10.2 Å². The first-order chi connectivity index (χ1) is 9.40. The molecule has 0 saturated carbocycles. The number of nitrogens with one attached hydrogen (secondary N) is 1. The summed E-state index contributed by atoms with van der Waals surface area (Å²) in [5, 5.41) is 8.70. The largest absolute Gasteiger partial charge is 0.516 e. The van der Waals surface area contributed by atoms with Crippen molar-refractivity contribution >= 4 is 26.6 Å². The van der Waals surface area contributed by atoms with Gasteiger partial charge >= 0.3 is 8.80 Å². The first kappa shape index (κ1) is 15.6. The zero-order chi connectivity index (χ0) is 15.2. The van der Waals surface area contributed by atoms with Gasteiger partial charge in [-0.05, 0) is 27.7 Å². The van der Waals surface area contributed by atoms with E-state index >= 15 is 0 Å². The lowest BCUT2D eigenvalue weighted by molar-refractivity contribution is 0.214. The van der Waals surface area contributed by atoms with Gasteiger partial charge in [0, 0.05) is 9.82 Å². The number of azide groups is 2. The molecule has 1 aromatic heterocycles. The molecule has 0 fully saturated rings. The molecule has 20 heavy (non-hydrogen) atoms. The maximum Gasteiger partial charge on any atom is 0.516 e. The van der Waals surface area contributed by atoms with E-state index in [0.717, 1.165) is 0 Å². The third kappa shape index (κ3) is 4.32. The summed E-state index contributed by atoms with van der Waals surface area (Å²) in [4.78, 5) is 43.5. The molecule has 0 bridgehead atoms. The van der Waals surface area contributed by atoms with Crippen LogP contribution in [0.3, 0.4) is 0 Å². The third-order valence-corrected chi connectivity index (χ3v) is 3.55. The van der Waals surface area contributed by atoms with E-state index in [0.29, 0.717) is 0 Å². The van der Waals surface area contributed by atoms with Crippen molar-refractivity contribution in [1.29, 1.82) is 0 Å². The Bertz CT molecular complexity index is 539. The van der Waals surface area contributed by atoms with Gasteiger partial charge in [-0.25, -0.2) is 4.98 Å². The molecule has 1 aromatic rings. The first-order valence-corrected chi connectivity index (χ1v) is 7.12. The van der Waals surface area contributed by atoms with Gasteiger partial charge in [0.25, 0.3) is 0 Å². The van der Waals surface area contributed by atoms with Crippen LogP contribution in [0.15, 0.2) is 10.2 Å². The van der Waals surface area contributed by atoms with Gasteiger partial charge in [-0.15, -0.1) is 0 Å². The lowest BCUT2D eigenvalue weighted by Gasteiger charge is -2.21. The summed E-state index contributed by atoms with van der Waals surface area (Å²) >= 11 is 0. The van der Waals surface area contributed by atoms with E-state index in [-0.39, 0.29) is 24.3 Å². The molecule has 1 unspecified atom stereocenters. The van der Waals surface area contributed by atoms with Crippen molar-refractivity contribution in [2.45, 2.75) is 19.0 Å². The molecule has 1 atom stereocenters. The van der Waals surface area contributed by atoms with E-state index in [4.69, 9.17) is 11.1 Å². The van der Waals surface area contributed by atoms with Gasteiger partial charge < -0.3 is 19.7 Å². The van der Waals surface area contributed by atoms with Crippen molar-refractivity contribution in [2.75, 3.05) is 5.32 Å². The van der Waals surface area contributed by atoms with Crippen molar-refractivity contribution in [3.63, 3.8) is 0 Å². The van der Waals surface area contributed by atoms with E-state index in [1.807, 2.05) is 0 Å². The Morgan fingerprint density at radius 1 is 1.15 bits per heavy atom. The molecule has 0 aliphatic heterocycles. The van der Waals surface area contributed by atoms with Gasteiger partial charge in [0.1, 0.15) is 0 Å². The van der Waals surface area contributed by atoms with Crippen LogP contribution in [0.25, 0.3) is 20.9 Å². The Morgan fingerprint density at radius 2 is 1.65 bits per heavy atom. The molecule has 106 valence electrons. The van der Waals surface area contributed by atoms with E-state index in [9.17, 15) is 14.4 Å². The van der Waals surface area contributed by atoms with Gasteiger partial charge in [-0.2, -0.15) is 9.97 Å². The maximum absolute atomic E-state index is 9.24. The highest BCUT2D eigenvalue weighted by atomic mass is 28.4. The van der Waals surface area contributed by atoms with Crippen molar-refractivity contribution in [1.82, 2.24) is 15.0 Å². The van der Waals surface area contributed by atoms with E-state index < -0.39 is 14.5 Å². The molecular formula is C6H10N10O3Si. The molecule has 4 N–H and O–H groups in total. The Labute approximate surface area is 112 Å². The lowest BCUT2D eigenvalue weighted by atomic mass is 10.5. The van der Waals surface area contributed by atoms with Crippen LogP contribution >= 0.6 is 0 Å². The quantitative estimate of drug-likeness (QED) is 0.251. The third-order valence-electron chi connectivity index (χ3n) is 2.06. The topological polar surface area (TPSA) is 209 Å². The zero-order valence-corrected chi connectivity index (χ0v) is 11.2. The van der Waals surface area contributed by atoms with Crippen LogP contribution in [0.5, 0.6) is 0 Å². The number of rotatable bonds is 6. The highest BCUT2D eigenvalue weighted by molar-refractivity contribution is 6.58. The molecule has 0 aromatic carbocycles. The molecule has 0 amide bonds. The number of hydrogen-bond acceptors (Lipinski definition) is 9. The van der Waals surface area contributed by atoms with Crippen LogP contribution in [-0.2, 0) is 0 Å². The van der Waals surface area contributed by atoms with Crippen LogP contribution in [-0.4, -0.2) is 43.8 Å². The second-order valence-corrected chi connectivity index (χ2v) is 5.50. The molecule has 0 saturated heterocycles. The molecule has 0 radical (unpaired) electrons. The number of hydrogen-bond donors (Lipinski definition) is 4. The second kappa shape index (κ2) is 6.62. The van der Waals surface area contributed by atoms with E-state index in [1.54, 1.807) is 6.92 Å². The van der Waals surface area contributed by atoms with Crippen molar-refractivity contribution < 1.29 is 14.4 Å². The van der Waals surface area contributed by atoms with Crippen LogP contribution in [0.2, 0.25) is 0 Å². The second-order valence-electron chi connectivity index (χ2n) is 3.43. The molecular weight excluding hydrogens is 288 g/mol. The average molecular weight is 298 g/mol. The summed E-state index contributed by atoms with van der Waals surface area (Å²) in [7, 11) is -4.46. The molecule has 0 aliphatic rings. The Kier molecular flexibility index (Phi) is 5.16. The molecule has 1 rings (SSSR count). The minimum Gasteiger partial charge on any atom is -0.389 e. The average Bonchev–Trinajstić information content (AvgIpc) is 2.35. The monoisotopic (exact) mass is 298 g/mol. The first-order valence-electron chi connectivity index (χ1n) is 5.20.